The van der Waals surface area contributed by atoms with Gasteiger partial charge in [-0.15, -0.1) is 0 Å². The van der Waals surface area contributed by atoms with Crippen LogP contribution in [0.25, 0.3) is 0 Å². The molecule has 0 aromatic carbocycles. The number of methoxy groups -OCH3 is 1. The largest absolute Gasteiger partial charge is 0.542 e. The highest BCUT2D eigenvalue weighted by atomic mass is 28.4. The van der Waals surface area contributed by atoms with Crippen molar-refractivity contribution >= 4 is 14.3 Å². The van der Waals surface area contributed by atoms with Crippen molar-refractivity contribution in [1.29, 1.82) is 0 Å². The Morgan fingerprint density at radius 2 is 1.89 bits per heavy atom. The Hall–Kier alpha value is -1.36. The second kappa shape index (κ2) is 5.10. The number of aromatic nitrogens is 1. The molecule has 0 aliphatic rings. The SMILES string of the molecule is COC(=O)c1cncc(O[Si](C)(C)C(C)(C)C)c1. The molecule has 5 heteroatoms. The minimum Gasteiger partial charge on any atom is -0.542 e. The molecule has 0 atom stereocenters. The summed E-state index contributed by atoms with van der Waals surface area (Å²) < 4.78 is 10.7. The summed E-state index contributed by atoms with van der Waals surface area (Å²) in [5, 5.41) is 0.105. The van der Waals surface area contributed by atoms with Crippen molar-refractivity contribution < 1.29 is 14.0 Å². The Morgan fingerprint density at radius 1 is 1.28 bits per heavy atom. The first-order valence-corrected chi connectivity index (χ1v) is 8.80. The van der Waals surface area contributed by atoms with Crippen molar-refractivity contribution in [3.05, 3.63) is 24.0 Å². The summed E-state index contributed by atoms with van der Waals surface area (Å²) in [6, 6.07) is 1.68. The molecular formula is C13H21NO3Si. The summed E-state index contributed by atoms with van der Waals surface area (Å²) >= 11 is 0. The number of ether oxygens (including phenoxy) is 1. The Labute approximate surface area is 109 Å². The molecule has 1 aromatic rings. The van der Waals surface area contributed by atoms with Gasteiger partial charge in [-0.2, -0.15) is 0 Å². The molecule has 100 valence electrons. The summed E-state index contributed by atoms with van der Waals surface area (Å²) in [6.07, 6.45) is 3.11. The molecule has 18 heavy (non-hydrogen) atoms. The predicted molar refractivity (Wildman–Crippen MR) is 73.4 cm³/mol. The van der Waals surface area contributed by atoms with Crippen LogP contribution in [-0.4, -0.2) is 26.4 Å². The van der Waals surface area contributed by atoms with Crippen LogP contribution in [0.3, 0.4) is 0 Å². The van der Waals surface area contributed by atoms with Gasteiger partial charge in [0.2, 0.25) is 0 Å². The third kappa shape index (κ3) is 3.32. The summed E-state index contributed by atoms with van der Waals surface area (Å²) in [6.45, 7) is 10.8. The van der Waals surface area contributed by atoms with Gasteiger partial charge in [-0.3, -0.25) is 4.98 Å². The van der Waals surface area contributed by atoms with Gasteiger partial charge in [-0.05, 0) is 24.2 Å². The van der Waals surface area contributed by atoms with Crippen LogP contribution in [0.5, 0.6) is 5.75 Å². The molecule has 0 aliphatic heterocycles. The summed E-state index contributed by atoms with van der Waals surface area (Å²) in [4.78, 5) is 15.4. The van der Waals surface area contributed by atoms with Crippen LogP contribution < -0.4 is 4.43 Å². The number of nitrogens with zero attached hydrogens (tertiary/aromatic N) is 1. The van der Waals surface area contributed by atoms with Crippen LogP contribution in [0.15, 0.2) is 18.5 Å². The number of pyridine rings is 1. The smallest absolute Gasteiger partial charge is 0.339 e. The first-order chi connectivity index (χ1) is 8.17. The molecule has 0 amide bonds. The molecule has 0 unspecified atom stereocenters. The zero-order valence-electron chi connectivity index (χ0n) is 11.9. The maximum atomic E-state index is 11.4. The van der Waals surface area contributed by atoms with Gasteiger partial charge < -0.3 is 9.16 Å². The van der Waals surface area contributed by atoms with E-state index in [1.807, 2.05) is 0 Å². The molecule has 1 heterocycles. The minimum absolute atomic E-state index is 0.105. The van der Waals surface area contributed by atoms with E-state index >= 15 is 0 Å². The Balaban J connectivity index is 2.96. The van der Waals surface area contributed by atoms with E-state index in [1.165, 1.54) is 13.3 Å². The zero-order valence-corrected chi connectivity index (χ0v) is 12.9. The highest BCUT2D eigenvalue weighted by Gasteiger charge is 2.39. The molecule has 0 N–H and O–H groups in total. The maximum absolute atomic E-state index is 11.4. The number of carbonyl (C=O) groups excluding carboxylic acids is 1. The number of rotatable bonds is 3. The maximum Gasteiger partial charge on any atom is 0.339 e. The molecule has 4 nitrogen and oxygen atoms in total. The van der Waals surface area contributed by atoms with E-state index in [4.69, 9.17) is 4.43 Å². The highest BCUT2D eigenvalue weighted by molar-refractivity contribution is 6.74. The second-order valence-corrected chi connectivity index (χ2v) is 10.5. The van der Waals surface area contributed by atoms with Crippen LogP contribution in [0, 0.1) is 0 Å². The van der Waals surface area contributed by atoms with Crippen molar-refractivity contribution in [3.63, 3.8) is 0 Å². The van der Waals surface area contributed by atoms with Crippen molar-refractivity contribution in [1.82, 2.24) is 4.98 Å². The average molecular weight is 267 g/mol. The highest BCUT2D eigenvalue weighted by Crippen LogP contribution is 2.37. The fourth-order valence-corrected chi connectivity index (χ4v) is 2.16. The van der Waals surface area contributed by atoms with Gasteiger partial charge >= 0.3 is 5.97 Å². The van der Waals surface area contributed by atoms with E-state index in [0.29, 0.717) is 11.3 Å². The van der Waals surface area contributed by atoms with Gasteiger partial charge in [0.25, 0.3) is 8.32 Å². The lowest BCUT2D eigenvalue weighted by Crippen LogP contribution is -2.43. The van der Waals surface area contributed by atoms with E-state index in [9.17, 15) is 4.79 Å². The molecule has 0 aliphatic carbocycles. The van der Waals surface area contributed by atoms with Gasteiger partial charge in [-0.1, -0.05) is 20.8 Å². The summed E-state index contributed by atoms with van der Waals surface area (Å²) in [5.41, 5.74) is 0.411. The van der Waals surface area contributed by atoms with E-state index in [1.54, 1.807) is 12.3 Å². The first kappa shape index (κ1) is 14.7. The molecular weight excluding hydrogens is 246 g/mol. The number of hydrogen-bond donors (Lipinski definition) is 0. The Bertz CT molecular complexity index is 438. The summed E-state index contributed by atoms with van der Waals surface area (Å²) in [5.74, 6) is 0.229. The lowest BCUT2D eigenvalue weighted by atomic mass is 10.2. The third-order valence-corrected chi connectivity index (χ3v) is 7.67. The number of hydrogen-bond acceptors (Lipinski definition) is 4. The molecule has 0 saturated heterocycles. The fourth-order valence-electron chi connectivity index (χ4n) is 1.15. The zero-order chi connectivity index (χ0) is 14.0. The van der Waals surface area contributed by atoms with Crippen LogP contribution in [0.1, 0.15) is 31.1 Å². The van der Waals surface area contributed by atoms with Crippen molar-refractivity contribution in [2.45, 2.75) is 38.9 Å². The normalized spacial score (nSPS) is 12.1. The molecule has 0 fully saturated rings. The molecule has 0 spiro atoms. The summed E-state index contributed by atoms with van der Waals surface area (Å²) in [7, 11) is -0.555. The van der Waals surface area contributed by atoms with Crippen LogP contribution >= 0.6 is 0 Å². The Kier molecular flexibility index (Phi) is 4.16. The van der Waals surface area contributed by atoms with E-state index in [2.05, 4.69) is 43.6 Å². The van der Waals surface area contributed by atoms with Gasteiger partial charge in [0.05, 0.1) is 18.9 Å². The van der Waals surface area contributed by atoms with E-state index < -0.39 is 14.3 Å². The van der Waals surface area contributed by atoms with Crippen LogP contribution in [0.2, 0.25) is 18.1 Å². The topological polar surface area (TPSA) is 48.4 Å². The molecule has 1 rings (SSSR count). The fraction of sp³-hybridized carbons (Fsp3) is 0.538. The number of esters is 1. The Morgan fingerprint density at radius 3 is 2.39 bits per heavy atom. The lowest BCUT2D eigenvalue weighted by Gasteiger charge is -2.36. The van der Waals surface area contributed by atoms with Crippen molar-refractivity contribution in [3.8, 4) is 5.75 Å². The average Bonchev–Trinajstić information content (AvgIpc) is 2.26. The molecule has 0 saturated carbocycles. The predicted octanol–water partition coefficient (Wildman–Crippen LogP) is 3.25. The van der Waals surface area contributed by atoms with E-state index in [0.717, 1.165) is 0 Å². The van der Waals surface area contributed by atoms with Gasteiger partial charge in [-0.25, -0.2) is 4.79 Å². The molecule has 1 aromatic heterocycles. The van der Waals surface area contributed by atoms with Gasteiger partial charge in [0.1, 0.15) is 5.75 Å². The lowest BCUT2D eigenvalue weighted by molar-refractivity contribution is 0.0600. The number of carbonyl (C=O) groups is 1. The minimum atomic E-state index is -1.91. The molecule has 0 bridgehead atoms. The quantitative estimate of drug-likeness (QED) is 0.623. The van der Waals surface area contributed by atoms with E-state index in [-0.39, 0.29) is 5.04 Å². The molecule has 0 radical (unpaired) electrons. The van der Waals surface area contributed by atoms with Crippen LogP contribution in [-0.2, 0) is 4.74 Å². The third-order valence-electron chi connectivity index (χ3n) is 3.31. The van der Waals surface area contributed by atoms with Crippen LogP contribution in [0.4, 0.5) is 0 Å². The van der Waals surface area contributed by atoms with Crippen molar-refractivity contribution in [2.75, 3.05) is 7.11 Å². The van der Waals surface area contributed by atoms with Crippen molar-refractivity contribution in [2.24, 2.45) is 0 Å². The van der Waals surface area contributed by atoms with Gasteiger partial charge in [0.15, 0.2) is 0 Å². The standard InChI is InChI=1S/C13H21NO3Si/c1-13(2,3)18(5,6)17-11-7-10(8-14-9-11)12(15)16-4/h7-9H,1-6H3. The van der Waals surface area contributed by atoms with Gasteiger partial charge in [0, 0.05) is 6.20 Å². The first-order valence-electron chi connectivity index (χ1n) is 5.90. The monoisotopic (exact) mass is 267 g/mol. The second-order valence-electron chi connectivity index (χ2n) is 5.76.